The van der Waals surface area contributed by atoms with Crippen molar-refractivity contribution >= 4 is 29.1 Å². The Morgan fingerprint density at radius 3 is 2.45 bits per heavy atom. The van der Waals surface area contributed by atoms with Crippen LogP contribution in [0.15, 0.2) is 24.8 Å². The molecule has 0 fully saturated rings. The highest BCUT2D eigenvalue weighted by Crippen LogP contribution is 2.35. The summed E-state index contributed by atoms with van der Waals surface area (Å²) in [5.41, 5.74) is 0.413. The van der Waals surface area contributed by atoms with E-state index in [4.69, 9.17) is 21.1 Å². The minimum Gasteiger partial charge on any atom is -0.495 e. The van der Waals surface area contributed by atoms with Gasteiger partial charge in [-0.2, -0.15) is 0 Å². The zero-order valence-corrected chi connectivity index (χ0v) is 13.6. The van der Waals surface area contributed by atoms with E-state index < -0.39 is 0 Å². The lowest BCUT2D eigenvalue weighted by molar-refractivity contribution is -0.132. The van der Waals surface area contributed by atoms with Gasteiger partial charge in [-0.15, -0.1) is 6.58 Å². The molecule has 0 atom stereocenters. The molecule has 0 unspecified atom stereocenters. The molecular weight excluding hydrogens is 308 g/mol. The van der Waals surface area contributed by atoms with Crippen LogP contribution in [0.2, 0.25) is 5.02 Å². The third-order valence-corrected chi connectivity index (χ3v) is 3.17. The fourth-order valence-electron chi connectivity index (χ4n) is 1.78. The second kappa shape index (κ2) is 8.29. The number of nitrogens with zero attached hydrogens (tertiary/aromatic N) is 1. The monoisotopic (exact) mass is 326 g/mol. The van der Waals surface area contributed by atoms with Gasteiger partial charge in [-0.05, 0) is 0 Å². The molecule has 22 heavy (non-hydrogen) atoms. The lowest BCUT2D eigenvalue weighted by Crippen LogP contribution is -2.36. The molecule has 120 valence electrons. The predicted octanol–water partition coefficient (Wildman–Crippen LogP) is 2.33. The number of rotatable bonds is 7. The molecule has 1 aromatic rings. The van der Waals surface area contributed by atoms with E-state index in [1.54, 1.807) is 18.2 Å². The molecule has 0 heterocycles. The maximum atomic E-state index is 12.1. The summed E-state index contributed by atoms with van der Waals surface area (Å²) in [5, 5.41) is 3.05. The van der Waals surface area contributed by atoms with Gasteiger partial charge in [-0.25, -0.2) is 0 Å². The van der Waals surface area contributed by atoms with E-state index in [1.165, 1.54) is 26.0 Å². The second-order valence-electron chi connectivity index (χ2n) is 4.42. The second-order valence-corrected chi connectivity index (χ2v) is 4.83. The largest absolute Gasteiger partial charge is 0.495 e. The Bertz CT molecular complexity index is 575. The molecule has 0 bridgehead atoms. The van der Waals surface area contributed by atoms with Crippen LogP contribution < -0.4 is 14.8 Å². The van der Waals surface area contributed by atoms with E-state index in [0.29, 0.717) is 28.8 Å². The quantitative estimate of drug-likeness (QED) is 0.781. The molecule has 1 aromatic carbocycles. The summed E-state index contributed by atoms with van der Waals surface area (Å²) in [7, 11) is 2.94. The standard InChI is InChI=1S/C15H19ClN2O4/c1-5-6-18(10(2)19)9-15(20)17-12-8-13(21-3)11(16)7-14(12)22-4/h5,7-8H,1,6,9H2,2-4H3,(H,17,20). The molecule has 7 heteroatoms. The average molecular weight is 327 g/mol. The number of methoxy groups -OCH3 is 2. The van der Waals surface area contributed by atoms with Crippen LogP contribution in [0, 0.1) is 0 Å². The van der Waals surface area contributed by atoms with Crippen LogP contribution in [0.25, 0.3) is 0 Å². The maximum Gasteiger partial charge on any atom is 0.244 e. The number of carbonyl (C=O) groups is 2. The van der Waals surface area contributed by atoms with E-state index >= 15 is 0 Å². The number of halogens is 1. The van der Waals surface area contributed by atoms with Gasteiger partial charge >= 0.3 is 0 Å². The topological polar surface area (TPSA) is 67.9 Å². The highest BCUT2D eigenvalue weighted by Gasteiger charge is 2.16. The van der Waals surface area contributed by atoms with E-state index in [1.807, 2.05) is 0 Å². The molecule has 1 N–H and O–H groups in total. The Kier molecular flexibility index (Phi) is 6.72. The van der Waals surface area contributed by atoms with Crippen LogP contribution in [0.3, 0.4) is 0 Å². The van der Waals surface area contributed by atoms with Crippen molar-refractivity contribution in [1.82, 2.24) is 4.90 Å². The number of benzene rings is 1. The maximum absolute atomic E-state index is 12.1. The molecule has 1 rings (SSSR count). The van der Waals surface area contributed by atoms with Gasteiger partial charge in [0, 0.05) is 25.6 Å². The van der Waals surface area contributed by atoms with Crippen molar-refractivity contribution in [2.24, 2.45) is 0 Å². The van der Waals surface area contributed by atoms with E-state index in [9.17, 15) is 9.59 Å². The molecule has 0 aromatic heterocycles. The number of amides is 2. The Morgan fingerprint density at radius 2 is 1.95 bits per heavy atom. The van der Waals surface area contributed by atoms with Gasteiger partial charge < -0.3 is 19.7 Å². The SMILES string of the molecule is C=CCN(CC(=O)Nc1cc(OC)c(Cl)cc1OC)C(C)=O. The molecule has 0 aliphatic carbocycles. The minimum absolute atomic E-state index is 0.0878. The fourth-order valence-corrected chi connectivity index (χ4v) is 2.01. The minimum atomic E-state index is -0.361. The highest BCUT2D eigenvalue weighted by molar-refractivity contribution is 6.32. The van der Waals surface area contributed by atoms with Crippen molar-refractivity contribution in [2.45, 2.75) is 6.92 Å². The number of nitrogens with one attached hydrogen (secondary N) is 1. The van der Waals surface area contributed by atoms with Gasteiger partial charge in [0.1, 0.15) is 18.0 Å². The molecule has 0 aliphatic heterocycles. The molecule has 0 saturated heterocycles. The molecule has 0 saturated carbocycles. The van der Waals surface area contributed by atoms with Crippen LogP contribution in [0.4, 0.5) is 5.69 Å². The van der Waals surface area contributed by atoms with Crippen molar-refractivity contribution in [3.8, 4) is 11.5 Å². The third kappa shape index (κ3) is 4.66. The first-order valence-corrected chi connectivity index (χ1v) is 6.88. The Labute approximate surface area is 134 Å². The number of ether oxygens (including phenoxy) is 2. The van der Waals surface area contributed by atoms with Crippen LogP contribution >= 0.6 is 11.6 Å². The van der Waals surface area contributed by atoms with Crippen molar-refractivity contribution in [3.63, 3.8) is 0 Å². The first-order valence-electron chi connectivity index (χ1n) is 6.50. The highest BCUT2D eigenvalue weighted by atomic mass is 35.5. The Morgan fingerprint density at radius 1 is 1.32 bits per heavy atom. The van der Waals surface area contributed by atoms with E-state index in [-0.39, 0.29) is 18.4 Å². The van der Waals surface area contributed by atoms with E-state index in [0.717, 1.165) is 0 Å². The van der Waals surface area contributed by atoms with Gasteiger partial charge in [-0.1, -0.05) is 17.7 Å². The molecule has 0 spiro atoms. The molecule has 6 nitrogen and oxygen atoms in total. The van der Waals surface area contributed by atoms with Crippen LogP contribution in [-0.4, -0.2) is 44.0 Å². The van der Waals surface area contributed by atoms with Gasteiger partial charge in [0.05, 0.1) is 24.9 Å². The summed E-state index contributed by atoms with van der Waals surface area (Å²) in [4.78, 5) is 24.9. The lowest BCUT2D eigenvalue weighted by Gasteiger charge is -2.19. The first kappa shape index (κ1) is 17.8. The third-order valence-electron chi connectivity index (χ3n) is 2.88. The summed E-state index contributed by atoms with van der Waals surface area (Å²) in [6.07, 6.45) is 1.56. The summed E-state index contributed by atoms with van der Waals surface area (Å²) in [6.45, 7) is 5.16. The van der Waals surface area contributed by atoms with Gasteiger partial charge in [0.25, 0.3) is 0 Å². The van der Waals surface area contributed by atoms with Crippen LogP contribution in [0.1, 0.15) is 6.92 Å². The molecular formula is C15H19ClN2O4. The summed E-state index contributed by atoms with van der Waals surface area (Å²) >= 11 is 6.00. The average Bonchev–Trinajstić information content (AvgIpc) is 2.47. The predicted molar refractivity (Wildman–Crippen MR) is 85.6 cm³/mol. The van der Waals surface area contributed by atoms with E-state index in [2.05, 4.69) is 11.9 Å². The summed E-state index contributed by atoms with van der Waals surface area (Å²) in [6, 6.07) is 3.10. The summed E-state index contributed by atoms with van der Waals surface area (Å²) < 4.78 is 10.3. The number of hydrogen-bond donors (Lipinski definition) is 1. The molecule has 0 radical (unpaired) electrons. The smallest absolute Gasteiger partial charge is 0.244 e. The van der Waals surface area contributed by atoms with Crippen molar-refractivity contribution in [3.05, 3.63) is 29.8 Å². The zero-order chi connectivity index (χ0) is 16.7. The van der Waals surface area contributed by atoms with Crippen LogP contribution in [-0.2, 0) is 9.59 Å². The van der Waals surface area contributed by atoms with Crippen molar-refractivity contribution in [2.75, 3.05) is 32.6 Å². The Hall–Kier alpha value is -2.21. The molecule has 0 aliphatic rings. The van der Waals surface area contributed by atoms with Gasteiger partial charge in [-0.3, -0.25) is 9.59 Å². The normalized spacial score (nSPS) is 9.82. The first-order chi connectivity index (χ1) is 10.4. The van der Waals surface area contributed by atoms with Gasteiger partial charge in [0.15, 0.2) is 0 Å². The Balaban J connectivity index is 2.91. The number of anilines is 1. The van der Waals surface area contributed by atoms with Crippen molar-refractivity contribution in [1.29, 1.82) is 0 Å². The number of hydrogen-bond acceptors (Lipinski definition) is 4. The van der Waals surface area contributed by atoms with Crippen LogP contribution in [0.5, 0.6) is 11.5 Å². The summed E-state index contributed by atoms with van der Waals surface area (Å²) in [5.74, 6) is 0.236. The van der Waals surface area contributed by atoms with Crippen molar-refractivity contribution < 1.29 is 19.1 Å². The van der Waals surface area contributed by atoms with Gasteiger partial charge in [0.2, 0.25) is 11.8 Å². The molecule has 2 amide bonds. The zero-order valence-electron chi connectivity index (χ0n) is 12.8. The fraction of sp³-hybridized carbons (Fsp3) is 0.333. The lowest BCUT2D eigenvalue weighted by atomic mass is 10.2. The number of carbonyl (C=O) groups excluding carboxylic acids is 2.